The number of benzene rings is 1. The summed E-state index contributed by atoms with van der Waals surface area (Å²) in [7, 11) is 1.90. The summed E-state index contributed by atoms with van der Waals surface area (Å²) in [4.78, 5) is 19.9. The van der Waals surface area contributed by atoms with Crippen molar-refractivity contribution in [2.24, 2.45) is 16.6 Å². The van der Waals surface area contributed by atoms with E-state index in [0.717, 1.165) is 23.4 Å². The van der Waals surface area contributed by atoms with E-state index in [1.54, 1.807) is 11.3 Å². The molecule has 0 fully saturated rings. The average Bonchev–Trinajstić information content (AvgIpc) is 3.01. The quantitative estimate of drug-likeness (QED) is 0.641. The molecule has 1 aromatic heterocycles. The molecule has 1 amide bonds. The number of para-hydroxylation sites is 1. The van der Waals surface area contributed by atoms with Crippen molar-refractivity contribution in [2.45, 2.75) is 47.0 Å². The van der Waals surface area contributed by atoms with E-state index in [1.165, 1.54) is 4.70 Å². The van der Waals surface area contributed by atoms with Crippen LogP contribution in [0.2, 0.25) is 0 Å². The average molecular weight is 434 g/mol. The number of hydrogen-bond donors (Lipinski definition) is 1. The normalized spacial score (nSPS) is 11.6. The summed E-state index contributed by atoms with van der Waals surface area (Å²) < 4.78 is 1.18. The first kappa shape index (κ1) is 26.1. The highest BCUT2D eigenvalue weighted by molar-refractivity contribution is 7.18. The smallest absolute Gasteiger partial charge is 0.228 e. The minimum absolute atomic E-state index is 0. The van der Waals surface area contributed by atoms with Crippen LogP contribution in [0.15, 0.2) is 24.3 Å². The van der Waals surface area contributed by atoms with Gasteiger partial charge in [0.25, 0.3) is 0 Å². The molecule has 0 unspecified atom stereocenters. The molecule has 2 aromatic rings. The zero-order valence-corrected chi connectivity index (χ0v) is 19.4. The predicted octanol–water partition coefficient (Wildman–Crippen LogP) is 4.93. The van der Waals surface area contributed by atoms with E-state index in [2.05, 4.69) is 33.8 Å². The number of carbonyl (C=O) groups excluding carboxylic acids is 1. The monoisotopic (exact) mass is 433 g/mol. The fraction of sp³-hybridized carbons (Fsp3) is 0.600. The van der Waals surface area contributed by atoms with Crippen LogP contribution in [0.4, 0.5) is 0 Å². The van der Waals surface area contributed by atoms with Crippen LogP contribution in [-0.4, -0.2) is 35.9 Å². The molecule has 154 valence electrons. The van der Waals surface area contributed by atoms with Gasteiger partial charge < -0.3 is 10.6 Å². The van der Waals surface area contributed by atoms with Gasteiger partial charge in [-0.1, -0.05) is 39.8 Å². The van der Waals surface area contributed by atoms with Crippen LogP contribution < -0.4 is 5.73 Å². The Kier molecular flexibility index (Phi) is 10.3. The van der Waals surface area contributed by atoms with Crippen LogP contribution in [0.1, 0.15) is 45.5 Å². The lowest BCUT2D eigenvalue weighted by atomic mass is 9.77. The largest absolute Gasteiger partial charge is 0.345 e. The summed E-state index contributed by atoms with van der Waals surface area (Å²) in [6.07, 6.45) is 2.32. The molecular formula is C20H33Cl2N3OS. The van der Waals surface area contributed by atoms with E-state index in [9.17, 15) is 4.79 Å². The number of amides is 1. The Balaban J connectivity index is 0.00000338. The van der Waals surface area contributed by atoms with Crippen LogP contribution >= 0.6 is 36.2 Å². The van der Waals surface area contributed by atoms with Crippen molar-refractivity contribution < 1.29 is 4.79 Å². The zero-order valence-electron chi connectivity index (χ0n) is 16.9. The first-order valence-electron chi connectivity index (χ1n) is 9.07. The van der Waals surface area contributed by atoms with E-state index >= 15 is 0 Å². The molecular weight excluding hydrogens is 401 g/mol. The number of aromatic nitrogens is 1. The van der Waals surface area contributed by atoms with Gasteiger partial charge in [0.05, 0.1) is 20.6 Å². The van der Waals surface area contributed by atoms with Gasteiger partial charge in [-0.05, 0) is 36.9 Å². The lowest BCUT2D eigenvalue weighted by Gasteiger charge is -2.37. The van der Waals surface area contributed by atoms with E-state index in [4.69, 9.17) is 10.7 Å². The number of nitrogens with zero attached hydrogens (tertiary/aromatic N) is 2. The Morgan fingerprint density at radius 1 is 1.19 bits per heavy atom. The highest BCUT2D eigenvalue weighted by Gasteiger charge is 2.39. The second kappa shape index (κ2) is 10.6. The summed E-state index contributed by atoms with van der Waals surface area (Å²) in [5.41, 5.74) is 6.40. The number of nitrogens with two attached hydrogens (primary N) is 1. The molecule has 1 aromatic carbocycles. The number of fused-ring (bicyclic) bond motifs is 1. The standard InChI is InChI=1S/C20H31N3OS.2ClH/c1-6-20(7-2,18(24)23(5)14-19(3,4)13-21)12-17-22-15-10-8-9-11-16(15)25-17;;/h8-11H,6-7,12-14,21H2,1-5H3;2*1H. The molecule has 2 rings (SSSR count). The Labute approximate surface area is 179 Å². The number of thiazole rings is 1. The topological polar surface area (TPSA) is 59.2 Å². The summed E-state index contributed by atoms with van der Waals surface area (Å²) in [5.74, 6) is 0.207. The number of hydrogen-bond acceptors (Lipinski definition) is 4. The minimum Gasteiger partial charge on any atom is -0.345 e. The summed E-state index contributed by atoms with van der Waals surface area (Å²) in [5, 5.41) is 1.05. The molecule has 0 spiro atoms. The fourth-order valence-electron chi connectivity index (χ4n) is 3.35. The van der Waals surface area contributed by atoms with E-state index in [1.807, 2.05) is 30.1 Å². The van der Waals surface area contributed by atoms with E-state index < -0.39 is 5.41 Å². The molecule has 4 nitrogen and oxygen atoms in total. The first-order chi connectivity index (χ1) is 11.8. The molecule has 0 aliphatic carbocycles. The SMILES string of the molecule is CCC(CC)(Cc1nc2ccccc2s1)C(=O)N(C)CC(C)(C)CN.Cl.Cl. The van der Waals surface area contributed by atoms with Gasteiger partial charge in [-0.15, -0.1) is 36.2 Å². The first-order valence-corrected chi connectivity index (χ1v) is 9.88. The summed E-state index contributed by atoms with van der Waals surface area (Å²) in [6, 6.07) is 8.16. The van der Waals surface area contributed by atoms with Crippen LogP contribution in [0, 0.1) is 10.8 Å². The third kappa shape index (κ3) is 6.05. The second-order valence-corrected chi connectivity index (χ2v) is 8.88. The Morgan fingerprint density at radius 2 is 1.78 bits per heavy atom. The molecule has 0 radical (unpaired) electrons. The number of rotatable bonds is 8. The molecule has 0 atom stereocenters. The third-order valence-electron chi connectivity index (χ3n) is 5.20. The second-order valence-electron chi connectivity index (χ2n) is 7.77. The van der Waals surface area contributed by atoms with Gasteiger partial charge in [0.1, 0.15) is 0 Å². The molecule has 0 saturated heterocycles. The molecule has 0 bridgehead atoms. The van der Waals surface area contributed by atoms with Crippen LogP contribution in [-0.2, 0) is 11.2 Å². The molecule has 2 N–H and O–H groups in total. The van der Waals surface area contributed by atoms with Crippen molar-refractivity contribution in [2.75, 3.05) is 20.1 Å². The lowest BCUT2D eigenvalue weighted by molar-refractivity contribution is -0.142. The lowest BCUT2D eigenvalue weighted by Crippen LogP contribution is -2.47. The van der Waals surface area contributed by atoms with Gasteiger partial charge in [0.2, 0.25) is 5.91 Å². The predicted molar refractivity (Wildman–Crippen MR) is 121 cm³/mol. The molecule has 1 heterocycles. The molecule has 0 aliphatic rings. The Hall–Kier alpha value is -0.880. The highest BCUT2D eigenvalue weighted by atomic mass is 35.5. The van der Waals surface area contributed by atoms with Gasteiger partial charge in [-0.2, -0.15) is 0 Å². The van der Waals surface area contributed by atoms with Gasteiger partial charge >= 0.3 is 0 Å². The van der Waals surface area contributed by atoms with Gasteiger partial charge in [-0.25, -0.2) is 4.98 Å². The summed E-state index contributed by atoms with van der Waals surface area (Å²) >= 11 is 1.70. The van der Waals surface area contributed by atoms with Crippen molar-refractivity contribution in [3.05, 3.63) is 29.3 Å². The van der Waals surface area contributed by atoms with Gasteiger partial charge in [0, 0.05) is 20.0 Å². The Bertz CT molecular complexity index is 696. The third-order valence-corrected chi connectivity index (χ3v) is 6.24. The van der Waals surface area contributed by atoms with Crippen LogP contribution in [0.3, 0.4) is 0 Å². The minimum atomic E-state index is -0.396. The molecule has 0 saturated carbocycles. The Morgan fingerprint density at radius 3 is 2.30 bits per heavy atom. The number of halogens is 2. The van der Waals surface area contributed by atoms with Crippen LogP contribution in [0.5, 0.6) is 0 Å². The van der Waals surface area contributed by atoms with E-state index in [0.29, 0.717) is 19.5 Å². The number of carbonyl (C=O) groups is 1. The van der Waals surface area contributed by atoms with E-state index in [-0.39, 0.29) is 36.1 Å². The maximum atomic E-state index is 13.3. The fourth-order valence-corrected chi connectivity index (χ4v) is 4.46. The molecule has 7 heteroatoms. The van der Waals surface area contributed by atoms with Crippen molar-refractivity contribution in [3.8, 4) is 0 Å². The summed E-state index contributed by atoms with van der Waals surface area (Å²) in [6.45, 7) is 9.65. The molecule has 27 heavy (non-hydrogen) atoms. The van der Waals surface area contributed by atoms with Gasteiger partial charge in [0.15, 0.2) is 0 Å². The van der Waals surface area contributed by atoms with Gasteiger partial charge in [-0.3, -0.25) is 4.79 Å². The van der Waals surface area contributed by atoms with Crippen LogP contribution in [0.25, 0.3) is 10.2 Å². The molecule has 0 aliphatic heterocycles. The van der Waals surface area contributed by atoms with Crippen molar-refractivity contribution in [3.63, 3.8) is 0 Å². The van der Waals surface area contributed by atoms with Crippen molar-refractivity contribution in [1.82, 2.24) is 9.88 Å². The zero-order chi connectivity index (χ0) is 18.7. The highest BCUT2D eigenvalue weighted by Crippen LogP contribution is 2.36. The van der Waals surface area contributed by atoms with Crippen molar-refractivity contribution in [1.29, 1.82) is 0 Å². The van der Waals surface area contributed by atoms with Crippen molar-refractivity contribution >= 4 is 52.3 Å². The maximum Gasteiger partial charge on any atom is 0.228 e. The maximum absolute atomic E-state index is 13.3.